The summed E-state index contributed by atoms with van der Waals surface area (Å²) in [5.74, 6) is 0.776. The second-order valence-corrected chi connectivity index (χ2v) is 6.27. The molecule has 0 aromatic carbocycles. The van der Waals surface area contributed by atoms with Crippen LogP contribution < -0.4 is 10.6 Å². The number of nitrogens with zero attached hydrogens (tertiary/aromatic N) is 3. The number of hydrogen-bond acceptors (Lipinski definition) is 2. The normalized spacial score (nSPS) is 11.2. The van der Waals surface area contributed by atoms with Crippen LogP contribution in [0.3, 0.4) is 0 Å². The van der Waals surface area contributed by atoms with E-state index in [1.165, 1.54) is 11.1 Å². The van der Waals surface area contributed by atoms with Gasteiger partial charge >= 0.3 is 0 Å². The highest BCUT2D eigenvalue weighted by Gasteiger charge is 2.08. The van der Waals surface area contributed by atoms with Gasteiger partial charge in [-0.3, -0.25) is 4.98 Å². The quantitative estimate of drug-likeness (QED) is 0.362. The topological polar surface area (TPSA) is 54.2 Å². The van der Waals surface area contributed by atoms with Gasteiger partial charge in [0.1, 0.15) is 5.15 Å². The van der Waals surface area contributed by atoms with Crippen LogP contribution in [0.25, 0.3) is 0 Å². The van der Waals surface area contributed by atoms with E-state index in [1.54, 1.807) is 0 Å². The zero-order valence-corrected chi connectivity index (χ0v) is 18.5. The van der Waals surface area contributed by atoms with Gasteiger partial charge < -0.3 is 15.2 Å². The molecule has 2 aromatic heterocycles. The summed E-state index contributed by atoms with van der Waals surface area (Å²) < 4.78 is 1.84. The van der Waals surface area contributed by atoms with Crippen LogP contribution in [0.4, 0.5) is 0 Å². The third-order valence-electron chi connectivity index (χ3n) is 3.78. The molecular formula is C17H24Cl2IN5. The summed E-state index contributed by atoms with van der Waals surface area (Å²) in [6.45, 7) is 6.22. The summed E-state index contributed by atoms with van der Waals surface area (Å²) in [6.07, 6.45) is 4.63. The summed E-state index contributed by atoms with van der Waals surface area (Å²) in [5, 5.41) is 7.68. The maximum atomic E-state index is 6.09. The van der Waals surface area contributed by atoms with E-state index in [1.807, 2.05) is 37.0 Å². The summed E-state index contributed by atoms with van der Waals surface area (Å²) in [5.41, 5.74) is 3.45. The van der Waals surface area contributed by atoms with Gasteiger partial charge in [0.05, 0.1) is 11.6 Å². The van der Waals surface area contributed by atoms with E-state index in [-0.39, 0.29) is 24.0 Å². The molecular weight excluding hydrogens is 472 g/mol. The van der Waals surface area contributed by atoms with E-state index in [9.17, 15) is 0 Å². The highest BCUT2D eigenvalue weighted by molar-refractivity contribution is 14.0. The van der Waals surface area contributed by atoms with Crippen molar-refractivity contribution in [2.75, 3.05) is 13.1 Å². The molecule has 5 nitrogen and oxygen atoms in total. The number of aromatic nitrogens is 2. The van der Waals surface area contributed by atoms with Crippen LogP contribution in [0.1, 0.15) is 23.7 Å². The van der Waals surface area contributed by atoms with Crippen molar-refractivity contribution in [3.63, 3.8) is 0 Å². The molecule has 0 radical (unpaired) electrons. The number of halogens is 3. The first kappa shape index (κ1) is 22.1. The molecule has 0 aliphatic carbocycles. The molecule has 0 bridgehead atoms. The molecule has 2 heterocycles. The average molecular weight is 496 g/mol. The number of guanidine groups is 1. The monoisotopic (exact) mass is 495 g/mol. The Labute approximate surface area is 176 Å². The molecule has 2 N–H and O–H groups in total. The number of nitrogens with one attached hydrogen (secondary N) is 2. The van der Waals surface area contributed by atoms with E-state index in [2.05, 4.69) is 33.6 Å². The SMILES string of the molecule is CCNC(=NCc1cc(Cl)c(Cl)n1C)NCCc1ccncc1C.I. The Morgan fingerprint density at radius 1 is 1.32 bits per heavy atom. The van der Waals surface area contributed by atoms with Gasteiger partial charge in [0.25, 0.3) is 0 Å². The van der Waals surface area contributed by atoms with Crippen molar-refractivity contribution in [1.82, 2.24) is 20.2 Å². The fourth-order valence-electron chi connectivity index (χ4n) is 2.34. The minimum absolute atomic E-state index is 0. The molecule has 0 unspecified atom stereocenters. The Morgan fingerprint density at radius 2 is 2.08 bits per heavy atom. The second-order valence-electron chi connectivity index (χ2n) is 5.51. The van der Waals surface area contributed by atoms with Crippen molar-refractivity contribution in [3.8, 4) is 0 Å². The molecule has 0 amide bonds. The second kappa shape index (κ2) is 10.9. The van der Waals surface area contributed by atoms with Crippen LogP contribution in [-0.4, -0.2) is 28.6 Å². The van der Waals surface area contributed by atoms with Crippen molar-refractivity contribution in [1.29, 1.82) is 0 Å². The molecule has 0 saturated carbocycles. The third-order valence-corrected chi connectivity index (χ3v) is 4.62. The van der Waals surface area contributed by atoms with Crippen molar-refractivity contribution in [3.05, 3.63) is 51.5 Å². The number of pyridine rings is 1. The summed E-state index contributed by atoms with van der Waals surface area (Å²) in [7, 11) is 1.88. The molecule has 2 aromatic rings. The van der Waals surface area contributed by atoms with Crippen molar-refractivity contribution in [2.24, 2.45) is 12.0 Å². The standard InChI is InChI=1S/C17H23Cl2N5.HI/c1-4-21-17(22-8-6-13-5-7-20-10-12(13)2)23-11-14-9-15(18)16(19)24(14)3;/h5,7,9-10H,4,6,8,11H2,1-3H3,(H2,21,22,23);1H. The zero-order chi connectivity index (χ0) is 17.5. The molecule has 0 spiro atoms. The van der Waals surface area contributed by atoms with Crippen LogP contribution in [0.2, 0.25) is 10.2 Å². The molecule has 2 rings (SSSR count). The first-order valence-electron chi connectivity index (χ1n) is 7.94. The van der Waals surface area contributed by atoms with E-state index in [4.69, 9.17) is 23.2 Å². The molecule has 0 aliphatic rings. The lowest BCUT2D eigenvalue weighted by molar-refractivity contribution is 0.778. The van der Waals surface area contributed by atoms with Crippen LogP contribution in [-0.2, 0) is 20.0 Å². The lowest BCUT2D eigenvalue weighted by Crippen LogP contribution is -2.38. The molecule has 8 heteroatoms. The van der Waals surface area contributed by atoms with Gasteiger partial charge in [-0.2, -0.15) is 0 Å². The highest BCUT2D eigenvalue weighted by Crippen LogP contribution is 2.25. The Balaban J connectivity index is 0.00000312. The zero-order valence-electron chi connectivity index (χ0n) is 14.6. The minimum Gasteiger partial charge on any atom is -0.357 e. The van der Waals surface area contributed by atoms with Crippen molar-refractivity contribution in [2.45, 2.75) is 26.8 Å². The molecule has 0 aliphatic heterocycles. The third kappa shape index (κ3) is 6.34. The minimum atomic E-state index is 0. The first-order valence-corrected chi connectivity index (χ1v) is 8.69. The Morgan fingerprint density at radius 3 is 2.68 bits per heavy atom. The van der Waals surface area contributed by atoms with E-state index < -0.39 is 0 Å². The largest absolute Gasteiger partial charge is 0.357 e. The van der Waals surface area contributed by atoms with E-state index >= 15 is 0 Å². The van der Waals surface area contributed by atoms with E-state index in [0.717, 1.165) is 31.2 Å². The molecule has 25 heavy (non-hydrogen) atoms. The number of rotatable bonds is 6. The fourth-order valence-corrected chi connectivity index (χ4v) is 2.76. The van der Waals surface area contributed by atoms with Crippen LogP contribution >= 0.6 is 47.2 Å². The fraction of sp³-hybridized carbons (Fsp3) is 0.412. The van der Waals surface area contributed by atoms with Gasteiger partial charge in [-0.25, -0.2) is 4.99 Å². The van der Waals surface area contributed by atoms with Gasteiger partial charge in [0.15, 0.2) is 5.96 Å². The van der Waals surface area contributed by atoms with Gasteiger partial charge in [-0.15, -0.1) is 24.0 Å². The Bertz CT molecular complexity index is 715. The smallest absolute Gasteiger partial charge is 0.191 e. The lowest BCUT2D eigenvalue weighted by atomic mass is 10.1. The summed E-state index contributed by atoms with van der Waals surface area (Å²) >= 11 is 12.1. The van der Waals surface area contributed by atoms with Crippen LogP contribution in [0.15, 0.2) is 29.5 Å². The maximum Gasteiger partial charge on any atom is 0.191 e. The van der Waals surface area contributed by atoms with Crippen LogP contribution in [0.5, 0.6) is 0 Å². The first-order chi connectivity index (χ1) is 11.5. The summed E-state index contributed by atoms with van der Waals surface area (Å²) in [6, 6.07) is 3.90. The predicted molar refractivity (Wildman–Crippen MR) is 116 cm³/mol. The number of hydrogen-bond donors (Lipinski definition) is 2. The molecule has 0 saturated heterocycles. The number of aliphatic imine (C=N–C) groups is 1. The lowest BCUT2D eigenvalue weighted by Gasteiger charge is -2.12. The molecule has 138 valence electrons. The maximum absolute atomic E-state index is 6.09. The van der Waals surface area contributed by atoms with Gasteiger partial charge in [0, 0.05) is 38.2 Å². The van der Waals surface area contributed by atoms with Crippen molar-refractivity contribution < 1.29 is 0 Å². The van der Waals surface area contributed by atoms with Gasteiger partial charge in [0.2, 0.25) is 0 Å². The van der Waals surface area contributed by atoms with Crippen molar-refractivity contribution >= 4 is 53.1 Å². The molecule has 0 atom stereocenters. The van der Waals surface area contributed by atoms with Gasteiger partial charge in [-0.05, 0) is 43.5 Å². The van der Waals surface area contributed by atoms with Gasteiger partial charge in [-0.1, -0.05) is 23.2 Å². The summed E-state index contributed by atoms with van der Waals surface area (Å²) in [4.78, 5) is 8.71. The predicted octanol–water partition coefficient (Wildman–Crippen LogP) is 3.95. The average Bonchev–Trinajstić information content (AvgIpc) is 2.81. The van der Waals surface area contributed by atoms with Crippen LogP contribution in [0, 0.1) is 6.92 Å². The highest BCUT2D eigenvalue weighted by atomic mass is 127. The number of aryl methyl sites for hydroxylation is 1. The molecule has 0 fully saturated rings. The van der Waals surface area contributed by atoms with E-state index in [0.29, 0.717) is 16.7 Å². The Kier molecular flexibility index (Phi) is 9.60. The Hall–Kier alpha value is -0.990.